The van der Waals surface area contributed by atoms with E-state index in [4.69, 9.17) is 0 Å². The van der Waals surface area contributed by atoms with E-state index in [1.165, 1.54) is 18.7 Å². The molecule has 3 rings (SSSR count). The fraction of sp³-hybridized carbons (Fsp3) is 0.400. The highest BCUT2D eigenvalue weighted by Crippen LogP contribution is 2.26. The Balaban J connectivity index is 1.71. The fourth-order valence-corrected chi connectivity index (χ4v) is 2.80. The van der Waals surface area contributed by atoms with E-state index in [2.05, 4.69) is 20.2 Å². The largest absolute Gasteiger partial charge is 0.349 e. The lowest BCUT2D eigenvalue weighted by Crippen LogP contribution is -2.41. The minimum atomic E-state index is -0.930. The molecule has 120 valence electrons. The molecule has 7 nitrogen and oxygen atoms in total. The highest BCUT2D eigenvalue weighted by molar-refractivity contribution is 5.93. The van der Waals surface area contributed by atoms with Gasteiger partial charge in [-0.1, -0.05) is 0 Å². The minimum Gasteiger partial charge on any atom is -0.349 e. The number of alkyl halides is 1. The van der Waals surface area contributed by atoms with Crippen molar-refractivity contribution in [2.24, 2.45) is 0 Å². The van der Waals surface area contributed by atoms with E-state index >= 15 is 0 Å². The second-order valence-corrected chi connectivity index (χ2v) is 5.52. The predicted molar refractivity (Wildman–Crippen MR) is 81.7 cm³/mol. The fourth-order valence-electron chi connectivity index (χ4n) is 2.80. The number of likely N-dealkylation sites (N-methyl/N-ethyl adjacent to an activating group) is 1. The minimum absolute atomic E-state index is 0.122. The molecule has 0 bridgehead atoms. The molecule has 1 amide bonds. The van der Waals surface area contributed by atoms with Crippen molar-refractivity contribution >= 4 is 11.7 Å². The number of aromatic nitrogens is 4. The molecule has 2 aromatic heterocycles. The summed E-state index contributed by atoms with van der Waals surface area (Å²) in [6.07, 6.45) is 5.41. The third-order valence-corrected chi connectivity index (χ3v) is 3.89. The topological polar surface area (TPSA) is 75.1 Å². The van der Waals surface area contributed by atoms with E-state index in [1.807, 2.05) is 4.90 Å². The van der Waals surface area contributed by atoms with E-state index < -0.39 is 6.17 Å². The van der Waals surface area contributed by atoms with Crippen LogP contribution in [-0.4, -0.2) is 63.3 Å². The first kappa shape index (κ1) is 15.3. The highest BCUT2D eigenvalue weighted by Gasteiger charge is 2.34. The Morgan fingerprint density at radius 1 is 1.39 bits per heavy atom. The first-order valence-electron chi connectivity index (χ1n) is 7.34. The highest BCUT2D eigenvalue weighted by atomic mass is 19.1. The molecule has 8 heteroatoms. The molecular weight excluding hydrogens is 299 g/mol. The van der Waals surface area contributed by atoms with Crippen LogP contribution in [0.15, 0.2) is 37.1 Å². The summed E-state index contributed by atoms with van der Waals surface area (Å²) in [7, 11) is 1.70. The number of halogens is 1. The number of hydrogen-bond acceptors (Lipinski definition) is 6. The van der Waals surface area contributed by atoms with Crippen LogP contribution in [0.4, 0.5) is 10.2 Å². The Bertz CT molecular complexity index is 656. The van der Waals surface area contributed by atoms with Gasteiger partial charge in [-0.15, -0.1) is 0 Å². The Morgan fingerprint density at radius 2 is 2.26 bits per heavy atom. The number of anilines is 1. The van der Waals surface area contributed by atoms with Crippen molar-refractivity contribution in [1.82, 2.24) is 25.1 Å². The van der Waals surface area contributed by atoms with Gasteiger partial charge in [0.1, 0.15) is 18.3 Å². The van der Waals surface area contributed by atoms with Crippen molar-refractivity contribution < 1.29 is 9.18 Å². The molecule has 2 aromatic rings. The van der Waals surface area contributed by atoms with Gasteiger partial charge in [0.25, 0.3) is 5.91 Å². The molecule has 1 fully saturated rings. The van der Waals surface area contributed by atoms with E-state index in [9.17, 15) is 9.18 Å². The number of carbonyl (C=O) groups is 1. The lowest BCUT2D eigenvalue weighted by atomic mass is 10.2. The molecule has 0 unspecified atom stereocenters. The van der Waals surface area contributed by atoms with E-state index in [1.54, 1.807) is 30.3 Å². The van der Waals surface area contributed by atoms with E-state index in [0.29, 0.717) is 24.3 Å². The van der Waals surface area contributed by atoms with Gasteiger partial charge in [0.05, 0.1) is 30.5 Å². The zero-order chi connectivity index (χ0) is 16.2. The van der Waals surface area contributed by atoms with Gasteiger partial charge in [-0.05, 0) is 12.1 Å². The third-order valence-electron chi connectivity index (χ3n) is 3.89. The Morgan fingerprint density at radius 3 is 2.96 bits per heavy atom. The van der Waals surface area contributed by atoms with Gasteiger partial charge >= 0.3 is 0 Å². The molecule has 0 aliphatic carbocycles. The van der Waals surface area contributed by atoms with Gasteiger partial charge in [-0.25, -0.2) is 14.4 Å². The molecule has 2 atom stereocenters. The number of nitrogens with zero attached hydrogens (tertiary/aromatic N) is 6. The van der Waals surface area contributed by atoms with Crippen molar-refractivity contribution in [3.8, 4) is 0 Å². The molecule has 1 aliphatic rings. The normalized spacial score (nSPS) is 20.5. The van der Waals surface area contributed by atoms with Crippen molar-refractivity contribution in [3.63, 3.8) is 0 Å². The monoisotopic (exact) mass is 316 g/mol. The van der Waals surface area contributed by atoms with Gasteiger partial charge in [0, 0.05) is 26.2 Å². The van der Waals surface area contributed by atoms with Crippen LogP contribution in [0.2, 0.25) is 0 Å². The second-order valence-electron chi connectivity index (χ2n) is 5.52. The van der Waals surface area contributed by atoms with Crippen LogP contribution in [0, 0.1) is 0 Å². The predicted octanol–water partition coefficient (Wildman–Crippen LogP) is 0.956. The average molecular weight is 316 g/mol. The summed E-state index contributed by atoms with van der Waals surface area (Å²) in [4.78, 5) is 23.9. The molecule has 1 saturated heterocycles. The van der Waals surface area contributed by atoms with Gasteiger partial charge < -0.3 is 9.80 Å². The molecule has 1 aliphatic heterocycles. The third kappa shape index (κ3) is 3.41. The molecular formula is C15H17FN6O. The molecule has 3 heterocycles. The van der Waals surface area contributed by atoms with E-state index in [-0.39, 0.29) is 18.5 Å². The zero-order valence-electron chi connectivity index (χ0n) is 12.7. The molecule has 23 heavy (non-hydrogen) atoms. The molecule has 0 aromatic carbocycles. The first-order valence-corrected chi connectivity index (χ1v) is 7.34. The quantitative estimate of drug-likeness (QED) is 0.836. The average Bonchev–Trinajstić information content (AvgIpc) is 2.96. The standard InChI is InChI=1S/C15H17FN6O/c1-21(15(23)11-2-5-19-20-7-11)9-13-6-12(16)8-22(13)14-3-4-17-10-18-14/h2-5,7,10,12-13H,6,8-9H2,1H3/t12-,13-/m0/s1. The smallest absolute Gasteiger partial charge is 0.255 e. The van der Waals surface area contributed by atoms with Crippen molar-refractivity contribution in [3.05, 3.63) is 42.6 Å². The van der Waals surface area contributed by atoms with Gasteiger partial charge in [0.2, 0.25) is 0 Å². The van der Waals surface area contributed by atoms with Crippen LogP contribution in [0.1, 0.15) is 16.8 Å². The number of hydrogen-bond donors (Lipinski definition) is 0. The number of rotatable bonds is 4. The summed E-state index contributed by atoms with van der Waals surface area (Å²) >= 11 is 0. The Hall–Kier alpha value is -2.64. The summed E-state index contributed by atoms with van der Waals surface area (Å²) < 4.78 is 13.9. The van der Waals surface area contributed by atoms with Gasteiger partial charge in [-0.3, -0.25) is 4.79 Å². The molecule has 0 N–H and O–H groups in total. The SMILES string of the molecule is CN(C[C@@H]1C[C@H](F)CN1c1ccncn1)C(=O)c1ccnnc1. The Labute approximate surface area is 133 Å². The summed E-state index contributed by atoms with van der Waals surface area (Å²) in [6, 6.07) is 3.24. The Kier molecular flexibility index (Phi) is 4.40. The lowest BCUT2D eigenvalue weighted by Gasteiger charge is -2.29. The van der Waals surface area contributed by atoms with Crippen molar-refractivity contribution in [2.75, 3.05) is 25.0 Å². The van der Waals surface area contributed by atoms with Crippen LogP contribution in [0.3, 0.4) is 0 Å². The summed E-state index contributed by atoms with van der Waals surface area (Å²) in [5.41, 5.74) is 0.464. The van der Waals surface area contributed by atoms with Crippen LogP contribution >= 0.6 is 0 Å². The molecule has 0 spiro atoms. The summed E-state index contributed by atoms with van der Waals surface area (Å²) in [6.45, 7) is 0.687. The van der Waals surface area contributed by atoms with E-state index in [0.717, 1.165) is 0 Å². The van der Waals surface area contributed by atoms with Gasteiger partial charge in [-0.2, -0.15) is 10.2 Å². The van der Waals surface area contributed by atoms with Crippen molar-refractivity contribution in [2.45, 2.75) is 18.6 Å². The molecule has 0 saturated carbocycles. The summed E-state index contributed by atoms with van der Waals surface area (Å²) in [5.74, 6) is 0.515. The summed E-state index contributed by atoms with van der Waals surface area (Å²) in [5, 5.41) is 7.37. The maximum Gasteiger partial charge on any atom is 0.255 e. The first-order chi connectivity index (χ1) is 11.1. The van der Waals surface area contributed by atoms with Crippen molar-refractivity contribution in [1.29, 1.82) is 0 Å². The van der Waals surface area contributed by atoms with Crippen LogP contribution in [-0.2, 0) is 0 Å². The second kappa shape index (κ2) is 6.64. The maximum atomic E-state index is 13.9. The zero-order valence-corrected chi connectivity index (χ0v) is 12.7. The van der Waals surface area contributed by atoms with Crippen LogP contribution in [0.5, 0.6) is 0 Å². The number of carbonyl (C=O) groups excluding carboxylic acids is 1. The maximum absolute atomic E-state index is 13.9. The van der Waals surface area contributed by atoms with Crippen LogP contribution in [0.25, 0.3) is 0 Å². The van der Waals surface area contributed by atoms with Gasteiger partial charge in [0.15, 0.2) is 0 Å². The molecule has 0 radical (unpaired) electrons. The number of amides is 1. The van der Waals surface area contributed by atoms with Crippen LogP contribution < -0.4 is 4.90 Å². The lowest BCUT2D eigenvalue weighted by molar-refractivity contribution is 0.0785.